The molecule has 0 heterocycles. The number of amides is 1. The van der Waals surface area contributed by atoms with Crippen LogP contribution in [0.1, 0.15) is 30.1 Å². The molecule has 0 spiro atoms. The van der Waals surface area contributed by atoms with E-state index < -0.39 is 0 Å². The zero-order valence-electron chi connectivity index (χ0n) is 9.41. The molecule has 0 aliphatic heterocycles. The van der Waals surface area contributed by atoms with Crippen LogP contribution in [0.5, 0.6) is 11.5 Å². The summed E-state index contributed by atoms with van der Waals surface area (Å²) in [5.41, 5.74) is 0.401. The van der Waals surface area contributed by atoms with Gasteiger partial charge in [-0.25, -0.2) is 0 Å². The lowest BCUT2D eigenvalue weighted by atomic mass is 10.1. The van der Waals surface area contributed by atoms with Crippen molar-refractivity contribution >= 4 is 5.91 Å². The van der Waals surface area contributed by atoms with Crippen molar-refractivity contribution in [1.82, 2.24) is 5.32 Å². The number of carbonyl (C=O) groups excluding carboxylic acids is 1. The van der Waals surface area contributed by atoms with Crippen LogP contribution in [0.25, 0.3) is 0 Å². The molecule has 1 aliphatic rings. The van der Waals surface area contributed by atoms with E-state index in [1.165, 1.54) is 13.2 Å². The van der Waals surface area contributed by atoms with Gasteiger partial charge in [0.1, 0.15) is 0 Å². The lowest BCUT2D eigenvalue weighted by molar-refractivity contribution is 0.0935. The van der Waals surface area contributed by atoms with Gasteiger partial charge in [-0.1, -0.05) is 0 Å². The van der Waals surface area contributed by atoms with Crippen LogP contribution in [0.4, 0.5) is 0 Å². The molecule has 0 unspecified atom stereocenters. The molecule has 2 rings (SSSR count). The molecule has 0 atom stereocenters. The number of phenolic OH excluding ortho intramolecular Hbond substituents is 1. The number of hydrogen-bond donors (Lipinski definition) is 2. The van der Waals surface area contributed by atoms with Crippen molar-refractivity contribution in [2.24, 2.45) is 0 Å². The van der Waals surface area contributed by atoms with E-state index in [1.54, 1.807) is 12.1 Å². The fraction of sp³-hybridized carbons (Fsp3) is 0.417. The number of aromatic hydroxyl groups is 1. The van der Waals surface area contributed by atoms with Crippen LogP contribution in [0, 0.1) is 0 Å². The van der Waals surface area contributed by atoms with Crippen molar-refractivity contribution in [2.75, 3.05) is 7.11 Å². The monoisotopic (exact) mass is 221 g/mol. The van der Waals surface area contributed by atoms with Crippen molar-refractivity contribution < 1.29 is 14.6 Å². The predicted molar refractivity (Wildman–Crippen MR) is 59.8 cm³/mol. The zero-order chi connectivity index (χ0) is 11.8. The van der Waals surface area contributed by atoms with Crippen molar-refractivity contribution in [2.45, 2.75) is 25.3 Å². The van der Waals surface area contributed by atoms with E-state index in [2.05, 4.69) is 5.32 Å². The topological polar surface area (TPSA) is 58.6 Å². The third-order valence-corrected chi connectivity index (χ3v) is 2.86. The Morgan fingerprint density at radius 2 is 2.19 bits per heavy atom. The minimum absolute atomic E-state index is 0.0175. The molecule has 4 heteroatoms. The van der Waals surface area contributed by atoms with Gasteiger partial charge in [-0.2, -0.15) is 0 Å². The lowest BCUT2D eigenvalue weighted by Crippen LogP contribution is -2.34. The maximum atomic E-state index is 11.8. The minimum Gasteiger partial charge on any atom is -0.504 e. The van der Waals surface area contributed by atoms with Crippen molar-refractivity contribution in [3.8, 4) is 11.5 Å². The maximum Gasteiger partial charge on any atom is 0.251 e. The van der Waals surface area contributed by atoms with Gasteiger partial charge in [0, 0.05) is 11.1 Å². The Kier molecular flexibility index (Phi) is 2.50. The van der Waals surface area contributed by atoms with Gasteiger partial charge in [-0.05, 0) is 38.0 Å². The second kappa shape index (κ2) is 3.70. The third kappa shape index (κ3) is 2.10. The second-order valence-electron chi connectivity index (χ2n) is 4.40. The molecule has 1 aromatic carbocycles. The van der Waals surface area contributed by atoms with Crippen molar-refractivity contribution in [1.29, 1.82) is 0 Å². The number of rotatable bonds is 3. The third-order valence-electron chi connectivity index (χ3n) is 2.86. The number of hydrogen-bond acceptors (Lipinski definition) is 3. The van der Waals surface area contributed by atoms with Crippen LogP contribution >= 0.6 is 0 Å². The van der Waals surface area contributed by atoms with E-state index in [1.807, 2.05) is 6.92 Å². The van der Waals surface area contributed by atoms with Gasteiger partial charge in [0.05, 0.1) is 7.11 Å². The molecule has 4 nitrogen and oxygen atoms in total. The van der Waals surface area contributed by atoms with E-state index in [9.17, 15) is 9.90 Å². The zero-order valence-corrected chi connectivity index (χ0v) is 9.41. The Morgan fingerprint density at radius 1 is 1.50 bits per heavy atom. The molecule has 0 bridgehead atoms. The summed E-state index contributed by atoms with van der Waals surface area (Å²) < 4.78 is 4.91. The molecule has 0 saturated heterocycles. The Hall–Kier alpha value is -1.71. The Morgan fingerprint density at radius 3 is 2.69 bits per heavy atom. The first-order chi connectivity index (χ1) is 7.54. The molecule has 1 aromatic rings. The highest BCUT2D eigenvalue weighted by atomic mass is 16.5. The van der Waals surface area contributed by atoms with Gasteiger partial charge in [-0.3, -0.25) is 4.79 Å². The van der Waals surface area contributed by atoms with Gasteiger partial charge in [0.25, 0.3) is 5.91 Å². The van der Waals surface area contributed by atoms with E-state index >= 15 is 0 Å². The van der Waals surface area contributed by atoms with Crippen LogP contribution in [-0.2, 0) is 0 Å². The number of nitrogens with one attached hydrogen (secondary N) is 1. The molecule has 1 aliphatic carbocycles. The number of carbonyl (C=O) groups is 1. The van der Waals surface area contributed by atoms with E-state index in [0.717, 1.165) is 12.8 Å². The summed E-state index contributed by atoms with van der Waals surface area (Å²) >= 11 is 0. The number of benzene rings is 1. The Balaban J connectivity index is 2.14. The highest BCUT2D eigenvalue weighted by molar-refractivity contribution is 5.95. The smallest absolute Gasteiger partial charge is 0.251 e. The van der Waals surface area contributed by atoms with E-state index in [4.69, 9.17) is 4.74 Å². The summed E-state index contributed by atoms with van der Waals surface area (Å²) in [5.74, 6) is 0.197. The van der Waals surface area contributed by atoms with Gasteiger partial charge in [0.15, 0.2) is 11.5 Å². The largest absolute Gasteiger partial charge is 0.504 e. The summed E-state index contributed by atoms with van der Waals surface area (Å²) in [7, 11) is 1.47. The maximum absolute atomic E-state index is 11.8. The molecule has 0 aromatic heterocycles. The van der Waals surface area contributed by atoms with Gasteiger partial charge in [-0.15, -0.1) is 0 Å². The molecular formula is C12H15NO3. The van der Waals surface area contributed by atoms with Crippen LogP contribution in [-0.4, -0.2) is 23.7 Å². The van der Waals surface area contributed by atoms with Gasteiger partial charge >= 0.3 is 0 Å². The van der Waals surface area contributed by atoms with Crippen LogP contribution in [0.2, 0.25) is 0 Å². The first-order valence-electron chi connectivity index (χ1n) is 5.24. The molecule has 0 radical (unpaired) electrons. The van der Waals surface area contributed by atoms with E-state index in [0.29, 0.717) is 11.3 Å². The quantitative estimate of drug-likeness (QED) is 0.816. The summed E-state index contributed by atoms with van der Waals surface area (Å²) in [6, 6.07) is 4.64. The Labute approximate surface area is 94.2 Å². The fourth-order valence-corrected chi connectivity index (χ4v) is 1.49. The molecule has 1 fully saturated rings. The second-order valence-corrected chi connectivity index (χ2v) is 4.40. The summed E-state index contributed by atoms with van der Waals surface area (Å²) in [6.45, 7) is 2.01. The number of ether oxygens (including phenoxy) is 1. The highest BCUT2D eigenvalue weighted by Crippen LogP contribution is 2.35. The molecule has 16 heavy (non-hydrogen) atoms. The summed E-state index contributed by atoms with van der Waals surface area (Å²) in [6.07, 6.45) is 2.03. The highest BCUT2D eigenvalue weighted by Gasteiger charge is 2.38. The Bertz CT molecular complexity index is 424. The molecule has 1 saturated carbocycles. The molecule has 2 N–H and O–H groups in total. The minimum atomic E-state index is -0.155. The predicted octanol–water partition coefficient (Wildman–Crippen LogP) is 1.68. The summed E-state index contributed by atoms with van der Waals surface area (Å²) in [5, 5.41) is 12.5. The first-order valence-corrected chi connectivity index (χ1v) is 5.24. The normalized spacial score (nSPS) is 16.6. The number of methoxy groups -OCH3 is 1. The van der Waals surface area contributed by atoms with Crippen LogP contribution < -0.4 is 10.1 Å². The van der Waals surface area contributed by atoms with Gasteiger partial charge in [0.2, 0.25) is 0 Å². The molecule has 1 amide bonds. The average Bonchev–Trinajstić information content (AvgIpc) is 2.95. The molecule has 86 valence electrons. The lowest BCUT2D eigenvalue weighted by Gasteiger charge is -2.12. The number of phenols is 1. The van der Waals surface area contributed by atoms with Crippen LogP contribution in [0.3, 0.4) is 0 Å². The van der Waals surface area contributed by atoms with Crippen LogP contribution in [0.15, 0.2) is 18.2 Å². The van der Waals surface area contributed by atoms with Crippen molar-refractivity contribution in [3.05, 3.63) is 23.8 Å². The SMILES string of the molecule is COc1ccc(C(=O)NC2(C)CC2)cc1O. The summed E-state index contributed by atoms with van der Waals surface area (Å²) in [4.78, 5) is 11.8. The van der Waals surface area contributed by atoms with Gasteiger partial charge < -0.3 is 15.2 Å². The standard InChI is InChI=1S/C12H15NO3/c1-12(5-6-12)13-11(15)8-3-4-10(16-2)9(14)7-8/h3-4,7,14H,5-6H2,1-2H3,(H,13,15). The molecular weight excluding hydrogens is 206 g/mol. The fourth-order valence-electron chi connectivity index (χ4n) is 1.49. The van der Waals surface area contributed by atoms with E-state index in [-0.39, 0.29) is 17.2 Å². The first kappa shape index (κ1) is 10.8. The van der Waals surface area contributed by atoms with Crippen molar-refractivity contribution in [3.63, 3.8) is 0 Å². The average molecular weight is 221 g/mol.